The number of benzene rings is 1. The molecule has 1 rings (SSSR count). The van der Waals surface area contributed by atoms with E-state index in [0.717, 1.165) is 11.1 Å². The van der Waals surface area contributed by atoms with E-state index in [0.29, 0.717) is 10.0 Å². The van der Waals surface area contributed by atoms with Crippen LogP contribution in [0.5, 0.6) is 0 Å². The first-order valence-electron chi connectivity index (χ1n) is 3.48. The van der Waals surface area contributed by atoms with Crippen LogP contribution in [-0.2, 0) is 0 Å². The van der Waals surface area contributed by atoms with Gasteiger partial charge in [-0.05, 0) is 23.3 Å². The van der Waals surface area contributed by atoms with Gasteiger partial charge >= 0.3 is 0 Å². The SMILES string of the molecule is Clc1cc(C(Br)Br)c(Cl)cc1C(Br)Br. The summed E-state index contributed by atoms with van der Waals surface area (Å²) in [5.74, 6) is 0. The maximum absolute atomic E-state index is 6.08. The zero-order valence-electron chi connectivity index (χ0n) is 6.58. The van der Waals surface area contributed by atoms with Crippen molar-refractivity contribution < 1.29 is 0 Å². The molecular formula is C8H4Br4Cl2. The first-order chi connectivity index (χ1) is 6.43. The molecule has 0 heterocycles. The van der Waals surface area contributed by atoms with Crippen molar-refractivity contribution >= 4 is 86.9 Å². The lowest BCUT2D eigenvalue weighted by Gasteiger charge is -2.11. The van der Waals surface area contributed by atoms with E-state index in [4.69, 9.17) is 23.2 Å². The third-order valence-electron chi connectivity index (χ3n) is 1.59. The van der Waals surface area contributed by atoms with Gasteiger partial charge in [0.15, 0.2) is 0 Å². The fraction of sp³-hybridized carbons (Fsp3) is 0.250. The lowest BCUT2D eigenvalue weighted by atomic mass is 10.2. The lowest BCUT2D eigenvalue weighted by molar-refractivity contribution is 1.35. The molecule has 0 saturated carbocycles. The third kappa shape index (κ3) is 3.36. The average Bonchev–Trinajstić information content (AvgIpc) is 2.07. The highest BCUT2D eigenvalue weighted by molar-refractivity contribution is 9.24. The Bertz CT molecular complexity index is 305. The Balaban J connectivity index is 3.24. The second-order valence-corrected chi connectivity index (χ2v) is 9.43. The highest BCUT2D eigenvalue weighted by Crippen LogP contribution is 2.41. The van der Waals surface area contributed by atoms with Crippen LogP contribution in [0.15, 0.2) is 12.1 Å². The van der Waals surface area contributed by atoms with Crippen molar-refractivity contribution in [1.82, 2.24) is 0 Å². The van der Waals surface area contributed by atoms with Crippen LogP contribution in [-0.4, -0.2) is 0 Å². The summed E-state index contributed by atoms with van der Waals surface area (Å²) in [7, 11) is 0. The quantitative estimate of drug-likeness (QED) is 0.411. The zero-order chi connectivity index (χ0) is 10.9. The number of hydrogen-bond acceptors (Lipinski definition) is 0. The van der Waals surface area contributed by atoms with E-state index < -0.39 is 0 Å². The van der Waals surface area contributed by atoms with Gasteiger partial charge in [0.2, 0.25) is 0 Å². The fourth-order valence-electron chi connectivity index (χ4n) is 0.912. The normalized spacial score (nSPS) is 11.4. The van der Waals surface area contributed by atoms with E-state index in [1.165, 1.54) is 0 Å². The van der Waals surface area contributed by atoms with E-state index in [2.05, 4.69) is 63.7 Å². The molecule has 1 aromatic rings. The lowest BCUT2D eigenvalue weighted by Crippen LogP contribution is -1.89. The minimum absolute atomic E-state index is 0.0122. The summed E-state index contributed by atoms with van der Waals surface area (Å²) in [5, 5.41) is 1.35. The van der Waals surface area contributed by atoms with Gasteiger partial charge in [0.25, 0.3) is 0 Å². The van der Waals surface area contributed by atoms with Gasteiger partial charge in [-0.1, -0.05) is 86.9 Å². The minimum atomic E-state index is 0.0122. The van der Waals surface area contributed by atoms with E-state index >= 15 is 0 Å². The number of halogens is 6. The monoisotopic (exact) mass is 486 g/mol. The van der Waals surface area contributed by atoms with Gasteiger partial charge in [-0.25, -0.2) is 0 Å². The number of alkyl halides is 4. The second-order valence-electron chi connectivity index (χ2n) is 2.50. The number of rotatable bonds is 2. The summed E-state index contributed by atoms with van der Waals surface area (Å²) < 4.78 is 0.0244. The molecule has 6 heteroatoms. The zero-order valence-corrected chi connectivity index (χ0v) is 14.4. The molecule has 78 valence electrons. The average molecular weight is 491 g/mol. The summed E-state index contributed by atoms with van der Waals surface area (Å²) in [6.07, 6.45) is 0. The van der Waals surface area contributed by atoms with Gasteiger partial charge in [-0.3, -0.25) is 0 Å². The Morgan fingerprint density at radius 2 is 1.07 bits per heavy atom. The van der Waals surface area contributed by atoms with Crippen LogP contribution >= 0.6 is 86.9 Å². The molecule has 0 unspecified atom stereocenters. The molecule has 1 aromatic carbocycles. The van der Waals surface area contributed by atoms with Crippen LogP contribution in [0, 0.1) is 0 Å². The largest absolute Gasteiger partial charge is 0.0961 e. The summed E-state index contributed by atoms with van der Waals surface area (Å²) in [4.78, 5) is 0. The molecule has 0 N–H and O–H groups in total. The molecule has 0 aliphatic carbocycles. The topological polar surface area (TPSA) is 0 Å². The van der Waals surface area contributed by atoms with Crippen molar-refractivity contribution in [2.45, 2.75) is 7.47 Å². The molecule has 0 atom stereocenters. The van der Waals surface area contributed by atoms with Crippen molar-refractivity contribution in [3.05, 3.63) is 33.3 Å². The van der Waals surface area contributed by atoms with Crippen LogP contribution in [0.4, 0.5) is 0 Å². The van der Waals surface area contributed by atoms with Crippen LogP contribution < -0.4 is 0 Å². The predicted molar refractivity (Wildman–Crippen MR) is 77.7 cm³/mol. The molecule has 0 aromatic heterocycles. The highest BCUT2D eigenvalue weighted by atomic mass is 79.9. The van der Waals surface area contributed by atoms with Crippen LogP contribution in [0.25, 0.3) is 0 Å². The summed E-state index contributed by atoms with van der Waals surface area (Å²) >= 11 is 25.7. The standard InChI is InChI=1S/C8H4Br4Cl2/c9-7(10)3-1-5(13)4(8(11)12)2-6(3)14/h1-2,7-8H. The molecule has 0 spiro atoms. The molecule has 14 heavy (non-hydrogen) atoms. The Kier molecular flexibility index (Phi) is 5.78. The summed E-state index contributed by atoms with van der Waals surface area (Å²) in [5.41, 5.74) is 1.84. The van der Waals surface area contributed by atoms with Crippen molar-refractivity contribution in [2.75, 3.05) is 0 Å². The van der Waals surface area contributed by atoms with Crippen LogP contribution in [0.3, 0.4) is 0 Å². The molecular weight excluding hydrogens is 487 g/mol. The molecule has 0 amide bonds. The van der Waals surface area contributed by atoms with Crippen molar-refractivity contribution in [2.24, 2.45) is 0 Å². The Morgan fingerprint density at radius 1 is 0.786 bits per heavy atom. The first kappa shape index (κ1) is 13.8. The van der Waals surface area contributed by atoms with Crippen molar-refractivity contribution in [1.29, 1.82) is 0 Å². The van der Waals surface area contributed by atoms with Gasteiger partial charge < -0.3 is 0 Å². The highest BCUT2D eigenvalue weighted by Gasteiger charge is 2.14. The molecule has 0 aliphatic rings. The van der Waals surface area contributed by atoms with E-state index in [-0.39, 0.29) is 7.47 Å². The van der Waals surface area contributed by atoms with Crippen molar-refractivity contribution in [3.8, 4) is 0 Å². The fourth-order valence-corrected chi connectivity index (χ4v) is 3.52. The van der Waals surface area contributed by atoms with Gasteiger partial charge in [0, 0.05) is 10.0 Å². The maximum atomic E-state index is 6.08. The number of hydrogen-bond donors (Lipinski definition) is 0. The van der Waals surface area contributed by atoms with E-state index in [1.54, 1.807) is 0 Å². The Hall–Kier alpha value is 1.72. The van der Waals surface area contributed by atoms with E-state index in [1.807, 2.05) is 12.1 Å². The summed E-state index contributed by atoms with van der Waals surface area (Å²) in [6, 6.07) is 3.67. The van der Waals surface area contributed by atoms with Crippen LogP contribution in [0.1, 0.15) is 18.6 Å². The molecule has 0 aliphatic heterocycles. The van der Waals surface area contributed by atoms with Gasteiger partial charge in [-0.15, -0.1) is 0 Å². The van der Waals surface area contributed by atoms with Gasteiger partial charge in [0.05, 0.1) is 7.47 Å². The second kappa shape index (κ2) is 5.87. The molecule has 0 radical (unpaired) electrons. The van der Waals surface area contributed by atoms with Gasteiger partial charge in [0.1, 0.15) is 0 Å². The molecule has 0 saturated heterocycles. The maximum Gasteiger partial charge on any atom is 0.0961 e. The van der Waals surface area contributed by atoms with Crippen molar-refractivity contribution in [3.63, 3.8) is 0 Å². The molecule has 0 bridgehead atoms. The van der Waals surface area contributed by atoms with Gasteiger partial charge in [-0.2, -0.15) is 0 Å². The smallest absolute Gasteiger partial charge is 0.0840 e. The van der Waals surface area contributed by atoms with Crippen LogP contribution in [0.2, 0.25) is 10.0 Å². The first-order valence-corrected chi connectivity index (χ1v) is 7.90. The molecule has 0 nitrogen and oxygen atoms in total. The Morgan fingerprint density at radius 3 is 1.29 bits per heavy atom. The molecule has 0 fully saturated rings. The Labute approximate surface area is 126 Å². The summed E-state index contributed by atoms with van der Waals surface area (Å²) in [6.45, 7) is 0. The predicted octanol–water partition coefficient (Wildman–Crippen LogP) is 6.57. The third-order valence-corrected chi connectivity index (χ3v) is 4.21. The van der Waals surface area contributed by atoms with E-state index in [9.17, 15) is 0 Å². The minimum Gasteiger partial charge on any atom is -0.0840 e.